The number of likely N-dealkylation sites (N-methyl/N-ethyl adjacent to an activating group) is 1. The Balaban J connectivity index is 3.34. The van der Waals surface area contributed by atoms with Crippen molar-refractivity contribution in [1.29, 1.82) is 0 Å². The molecule has 1 aromatic rings. The first-order chi connectivity index (χ1) is 9.34. The molecule has 5 nitrogen and oxygen atoms in total. The maximum atomic E-state index is 12.3. The third-order valence-corrected chi connectivity index (χ3v) is 5.20. The molecule has 0 aliphatic carbocycles. The van der Waals surface area contributed by atoms with E-state index in [1.54, 1.807) is 0 Å². The largest absolute Gasteiger partial charge is 0.395 e. The summed E-state index contributed by atoms with van der Waals surface area (Å²) in [4.78, 5) is -0.199. The number of hydrogen-bond acceptors (Lipinski definition) is 4. The maximum Gasteiger partial charge on any atom is 0.245 e. The highest BCUT2D eigenvalue weighted by Crippen LogP contribution is 2.32. The standard InChI is InChI=1S/C12H14Cl2N2O3S/c1-16(5-6-17)20(18,19)12-10(13)7-9(3-2-4-15)8-11(12)14/h7-8,17H,4-6,15H2,1H3. The van der Waals surface area contributed by atoms with Crippen LogP contribution in [0, 0.1) is 11.8 Å². The highest BCUT2D eigenvalue weighted by atomic mass is 35.5. The molecule has 0 spiro atoms. The second kappa shape index (κ2) is 7.27. The van der Waals surface area contributed by atoms with Crippen LogP contribution in [0.3, 0.4) is 0 Å². The van der Waals surface area contributed by atoms with Crippen LogP contribution in [-0.4, -0.2) is 44.6 Å². The molecule has 0 fully saturated rings. The van der Waals surface area contributed by atoms with E-state index in [1.807, 2.05) is 0 Å². The monoisotopic (exact) mass is 336 g/mol. The van der Waals surface area contributed by atoms with Crippen LogP contribution in [0.1, 0.15) is 5.56 Å². The highest BCUT2D eigenvalue weighted by molar-refractivity contribution is 7.89. The number of aliphatic hydroxyl groups excluding tert-OH is 1. The number of nitrogens with two attached hydrogens (primary N) is 1. The van der Waals surface area contributed by atoms with Crippen molar-refractivity contribution < 1.29 is 13.5 Å². The molecule has 20 heavy (non-hydrogen) atoms. The number of rotatable bonds is 4. The van der Waals surface area contributed by atoms with E-state index in [1.165, 1.54) is 19.2 Å². The molecule has 1 aromatic carbocycles. The van der Waals surface area contributed by atoms with E-state index >= 15 is 0 Å². The first-order valence-corrected chi connectivity index (χ1v) is 7.79. The van der Waals surface area contributed by atoms with Crippen LogP contribution >= 0.6 is 23.2 Å². The van der Waals surface area contributed by atoms with Gasteiger partial charge in [0.2, 0.25) is 10.0 Å². The molecule has 0 aromatic heterocycles. The minimum Gasteiger partial charge on any atom is -0.395 e. The van der Waals surface area contributed by atoms with E-state index in [-0.39, 0.29) is 34.6 Å². The summed E-state index contributed by atoms with van der Waals surface area (Å²) in [5.74, 6) is 5.35. The van der Waals surface area contributed by atoms with E-state index in [4.69, 9.17) is 34.0 Å². The number of halogens is 2. The van der Waals surface area contributed by atoms with Crippen molar-refractivity contribution in [2.45, 2.75) is 4.90 Å². The normalized spacial score (nSPS) is 11.3. The van der Waals surface area contributed by atoms with Gasteiger partial charge in [-0.15, -0.1) is 0 Å². The Kier molecular flexibility index (Phi) is 6.27. The van der Waals surface area contributed by atoms with Crippen LogP contribution in [-0.2, 0) is 10.0 Å². The summed E-state index contributed by atoms with van der Waals surface area (Å²) in [6, 6.07) is 2.82. The summed E-state index contributed by atoms with van der Waals surface area (Å²) >= 11 is 12.0. The van der Waals surface area contributed by atoms with Gasteiger partial charge >= 0.3 is 0 Å². The molecule has 0 radical (unpaired) electrons. The molecule has 3 N–H and O–H groups in total. The smallest absolute Gasteiger partial charge is 0.245 e. The molecule has 0 saturated carbocycles. The molecule has 0 aliphatic heterocycles. The van der Waals surface area contributed by atoms with Gasteiger partial charge in [0.15, 0.2) is 0 Å². The van der Waals surface area contributed by atoms with Crippen LogP contribution in [0.15, 0.2) is 17.0 Å². The molecule has 0 unspecified atom stereocenters. The molecule has 0 aliphatic rings. The van der Waals surface area contributed by atoms with Crippen molar-refractivity contribution >= 4 is 33.2 Å². The van der Waals surface area contributed by atoms with Gasteiger partial charge in [0.25, 0.3) is 0 Å². The Morgan fingerprint density at radius 1 is 1.35 bits per heavy atom. The van der Waals surface area contributed by atoms with Crippen molar-refractivity contribution in [2.24, 2.45) is 5.73 Å². The summed E-state index contributed by atoms with van der Waals surface area (Å²) in [5, 5.41) is 8.78. The van der Waals surface area contributed by atoms with Crippen LogP contribution in [0.5, 0.6) is 0 Å². The molecule has 0 amide bonds. The van der Waals surface area contributed by atoms with Crippen molar-refractivity contribution in [1.82, 2.24) is 4.31 Å². The number of benzene rings is 1. The van der Waals surface area contributed by atoms with Gasteiger partial charge in [-0.25, -0.2) is 8.42 Å². The van der Waals surface area contributed by atoms with Crippen LogP contribution in [0.4, 0.5) is 0 Å². The molecule has 8 heteroatoms. The minimum absolute atomic E-state index is 0.0244. The molecule has 0 saturated heterocycles. The van der Waals surface area contributed by atoms with Crippen LogP contribution < -0.4 is 5.73 Å². The fraction of sp³-hybridized carbons (Fsp3) is 0.333. The van der Waals surface area contributed by atoms with E-state index in [9.17, 15) is 8.42 Å². The lowest BCUT2D eigenvalue weighted by Crippen LogP contribution is -2.30. The number of aliphatic hydroxyl groups is 1. The van der Waals surface area contributed by atoms with E-state index in [0.29, 0.717) is 5.56 Å². The summed E-state index contributed by atoms with van der Waals surface area (Å²) in [6.07, 6.45) is 0. The third kappa shape index (κ3) is 3.85. The van der Waals surface area contributed by atoms with Crippen molar-refractivity contribution in [3.05, 3.63) is 27.7 Å². The Morgan fingerprint density at radius 2 is 1.90 bits per heavy atom. The van der Waals surface area contributed by atoms with Gasteiger partial charge in [-0.1, -0.05) is 35.0 Å². The van der Waals surface area contributed by atoms with Gasteiger partial charge in [0.05, 0.1) is 23.2 Å². The average Bonchev–Trinajstić information content (AvgIpc) is 2.35. The lowest BCUT2D eigenvalue weighted by Gasteiger charge is -2.18. The SMILES string of the molecule is CN(CCO)S(=O)(=O)c1c(Cl)cc(C#CCN)cc1Cl. The highest BCUT2D eigenvalue weighted by Gasteiger charge is 2.26. The fourth-order valence-corrected chi connectivity index (χ4v) is 3.76. The van der Waals surface area contributed by atoms with Gasteiger partial charge in [-0.05, 0) is 12.1 Å². The van der Waals surface area contributed by atoms with Crippen molar-refractivity contribution in [3.63, 3.8) is 0 Å². The van der Waals surface area contributed by atoms with Crippen LogP contribution in [0.25, 0.3) is 0 Å². The van der Waals surface area contributed by atoms with Crippen molar-refractivity contribution in [3.8, 4) is 11.8 Å². The zero-order valence-corrected chi connectivity index (χ0v) is 13.1. The molecule has 1 rings (SSSR count). The zero-order chi connectivity index (χ0) is 15.3. The minimum atomic E-state index is -3.86. The van der Waals surface area contributed by atoms with Gasteiger partial charge < -0.3 is 10.8 Å². The topological polar surface area (TPSA) is 83.6 Å². The lowest BCUT2D eigenvalue weighted by molar-refractivity contribution is 0.266. The summed E-state index contributed by atoms with van der Waals surface area (Å²) in [7, 11) is -2.53. The Bertz CT molecular complexity index is 627. The second-order valence-corrected chi connectivity index (χ2v) is 6.62. The summed E-state index contributed by atoms with van der Waals surface area (Å²) in [6.45, 7) is -0.177. The van der Waals surface area contributed by atoms with Crippen molar-refractivity contribution in [2.75, 3.05) is 26.7 Å². The van der Waals surface area contributed by atoms with Gasteiger partial charge in [-0.3, -0.25) is 0 Å². The number of sulfonamides is 1. The second-order valence-electron chi connectivity index (χ2n) is 3.83. The van der Waals surface area contributed by atoms with E-state index < -0.39 is 10.0 Å². The maximum absolute atomic E-state index is 12.3. The number of hydrogen-bond donors (Lipinski definition) is 2. The molecular weight excluding hydrogens is 323 g/mol. The van der Waals surface area contributed by atoms with E-state index in [2.05, 4.69) is 11.8 Å². The fourth-order valence-electron chi connectivity index (χ4n) is 1.45. The molecule has 0 bridgehead atoms. The quantitative estimate of drug-likeness (QED) is 0.800. The average molecular weight is 337 g/mol. The lowest BCUT2D eigenvalue weighted by atomic mass is 10.2. The predicted molar refractivity (Wildman–Crippen MR) is 79.3 cm³/mol. The Labute approximate surface area is 128 Å². The zero-order valence-electron chi connectivity index (χ0n) is 10.7. The Hall–Kier alpha value is -0.810. The molecular formula is C12H14Cl2N2O3S. The third-order valence-electron chi connectivity index (χ3n) is 2.42. The molecule has 0 atom stereocenters. The van der Waals surface area contributed by atoms with Gasteiger partial charge in [-0.2, -0.15) is 4.31 Å². The number of nitrogens with zero attached hydrogens (tertiary/aromatic N) is 1. The van der Waals surface area contributed by atoms with Crippen LogP contribution in [0.2, 0.25) is 10.0 Å². The molecule has 0 heterocycles. The van der Waals surface area contributed by atoms with Gasteiger partial charge in [0, 0.05) is 19.2 Å². The summed E-state index contributed by atoms with van der Waals surface area (Å²) < 4.78 is 25.5. The molecule has 110 valence electrons. The summed E-state index contributed by atoms with van der Waals surface area (Å²) in [5.41, 5.74) is 5.74. The first kappa shape index (κ1) is 17.2. The Morgan fingerprint density at radius 3 is 2.35 bits per heavy atom. The van der Waals surface area contributed by atoms with Gasteiger partial charge in [0.1, 0.15) is 4.90 Å². The predicted octanol–water partition coefficient (Wildman–Crippen LogP) is 0.916. The van der Waals surface area contributed by atoms with E-state index in [0.717, 1.165) is 4.31 Å². The first-order valence-electron chi connectivity index (χ1n) is 5.59.